The van der Waals surface area contributed by atoms with Gasteiger partial charge in [0.1, 0.15) is 11.5 Å². The Morgan fingerprint density at radius 3 is 2.78 bits per heavy atom. The molecule has 1 aromatic heterocycles. The highest BCUT2D eigenvalue weighted by atomic mass is 127. The van der Waals surface area contributed by atoms with Gasteiger partial charge in [-0.05, 0) is 71.5 Å². The van der Waals surface area contributed by atoms with Crippen molar-refractivity contribution >= 4 is 34.6 Å². The predicted octanol–water partition coefficient (Wildman–Crippen LogP) is 3.36. The normalized spacial score (nSPS) is 11.0. The van der Waals surface area contributed by atoms with E-state index in [0.29, 0.717) is 5.76 Å². The molecule has 1 aromatic carbocycles. The van der Waals surface area contributed by atoms with Gasteiger partial charge in [-0.25, -0.2) is 0 Å². The van der Waals surface area contributed by atoms with Gasteiger partial charge in [0.25, 0.3) is 0 Å². The van der Waals surface area contributed by atoms with Crippen LogP contribution in [0.3, 0.4) is 0 Å². The van der Waals surface area contributed by atoms with Crippen LogP contribution < -0.4 is 5.73 Å². The third kappa shape index (κ3) is 3.01. The minimum atomic E-state index is -0.488. The lowest BCUT2D eigenvalue weighted by Gasteiger charge is -2.02. The van der Waals surface area contributed by atoms with Crippen LogP contribution in [0.5, 0.6) is 0 Å². The summed E-state index contributed by atoms with van der Waals surface area (Å²) in [5, 5.41) is 0. The first-order valence-electron chi connectivity index (χ1n) is 5.40. The van der Waals surface area contributed by atoms with E-state index in [1.54, 1.807) is 6.08 Å². The molecule has 0 aliphatic heterocycles. The third-order valence-corrected chi connectivity index (χ3v) is 3.16. The van der Waals surface area contributed by atoms with Crippen molar-refractivity contribution in [2.45, 2.75) is 6.92 Å². The molecule has 0 saturated carbocycles. The maximum atomic E-state index is 10.6. The standard InChI is InChI=1S/C14H12INO2/c1-9-8-10(15)2-5-12(9)13-6-3-11(18-13)4-7-14(16)17/h2-8H,1H3,(H2,16,17)/b7-4+. The van der Waals surface area contributed by atoms with Gasteiger partial charge in [-0.3, -0.25) is 4.79 Å². The van der Waals surface area contributed by atoms with Gasteiger partial charge in [0.15, 0.2) is 0 Å². The van der Waals surface area contributed by atoms with Crippen molar-refractivity contribution in [3.63, 3.8) is 0 Å². The van der Waals surface area contributed by atoms with Crippen molar-refractivity contribution < 1.29 is 9.21 Å². The van der Waals surface area contributed by atoms with Crippen molar-refractivity contribution in [3.8, 4) is 11.3 Å². The summed E-state index contributed by atoms with van der Waals surface area (Å²) in [4.78, 5) is 10.6. The van der Waals surface area contributed by atoms with E-state index in [9.17, 15) is 4.79 Å². The number of furan rings is 1. The first-order valence-corrected chi connectivity index (χ1v) is 6.48. The van der Waals surface area contributed by atoms with Crippen LogP contribution in [-0.4, -0.2) is 5.91 Å². The molecule has 4 heteroatoms. The zero-order valence-electron chi connectivity index (χ0n) is 9.81. The molecule has 2 N–H and O–H groups in total. The SMILES string of the molecule is Cc1cc(I)ccc1-c1ccc(/C=C/C(N)=O)o1. The fourth-order valence-electron chi connectivity index (χ4n) is 1.65. The quantitative estimate of drug-likeness (QED) is 0.680. The number of aryl methyl sites for hydroxylation is 1. The molecule has 2 aromatic rings. The summed E-state index contributed by atoms with van der Waals surface area (Å²) in [6.07, 6.45) is 2.84. The van der Waals surface area contributed by atoms with E-state index < -0.39 is 5.91 Å². The lowest BCUT2D eigenvalue weighted by molar-refractivity contribution is -0.113. The third-order valence-electron chi connectivity index (χ3n) is 2.49. The van der Waals surface area contributed by atoms with Crippen LogP contribution in [0.25, 0.3) is 17.4 Å². The molecule has 0 fully saturated rings. The molecule has 1 heterocycles. The van der Waals surface area contributed by atoms with Crippen molar-refractivity contribution in [2.24, 2.45) is 5.73 Å². The Bertz CT molecular complexity index is 614. The maximum absolute atomic E-state index is 10.6. The summed E-state index contributed by atoms with van der Waals surface area (Å²) in [5.41, 5.74) is 7.24. The van der Waals surface area contributed by atoms with E-state index in [2.05, 4.69) is 28.7 Å². The molecule has 3 nitrogen and oxygen atoms in total. The van der Waals surface area contributed by atoms with Crippen LogP contribution in [0.2, 0.25) is 0 Å². The molecule has 0 atom stereocenters. The monoisotopic (exact) mass is 353 g/mol. The Hall–Kier alpha value is -1.56. The molecule has 0 radical (unpaired) electrons. The van der Waals surface area contributed by atoms with Crippen molar-refractivity contribution in [1.82, 2.24) is 0 Å². The van der Waals surface area contributed by atoms with Crippen molar-refractivity contribution in [3.05, 3.63) is 51.3 Å². The Balaban J connectivity index is 2.32. The molecule has 18 heavy (non-hydrogen) atoms. The van der Waals surface area contributed by atoms with Crippen LogP contribution in [0, 0.1) is 10.5 Å². The number of hydrogen-bond acceptors (Lipinski definition) is 2. The minimum Gasteiger partial charge on any atom is -0.457 e. The summed E-state index contributed by atoms with van der Waals surface area (Å²) in [7, 11) is 0. The molecule has 92 valence electrons. The lowest BCUT2D eigenvalue weighted by atomic mass is 10.1. The highest BCUT2D eigenvalue weighted by Gasteiger charge is 2.06. The van der Waals surface area contributed by atoms with Crippen molar-refractivity contribution in [2.75, 3.05) is 0 Å². The number of rotatable bonds is 3. The van der Waals surface area contributed by atoms with Gasteiger partial charge >= 0.3 is 0 Å². The Morgan fingerprint density at radius 2 is 2.11 bits per heavy atom. The van der Waals surface area contributed by atoms with Gasteiger partial charge < -0.3 is 10.2 Å². The number of carbonyl (C=O) groups is 1. The Morgan fingerprint density at radius 1 is 1.33 bits per heavy atom. The molecule has 1 amide bonds. The second-order valence-corrected chi connectivity index (χ2v) is 5.14. The number of hydrogen-bond donors (Lipinski definition) is 1. The first-order chi connectivity index (χ1) is 8.56. The van der Waals surface area contributed by atoms with Gasteiger partial charge in [-0.1, -0.05) is 0 Å². The van der Waals surface area contributed by atoms with E-state index in [-0.39, 0.29) is 0 Å². The number of nitrogens with two attached hydrogens (primary N) is 1. The predicted molar refractivity (Wildman–Crippen MR) is 79.8 cm³/mol. The summed E-state index contributed by atoms with van der Waals surface area (Å²) >= 11 is 2.27. The molecule has 0 aliphatic rings. The number of carbonyl (C=O) groups excluding carboxylic acids is 1. The molecular formula is C14H12INO2. The Kier molecular flexibility index (Phi) is 3.86. The maximum Gasteiger partial charge on any atom is 0.241 e. The van der Waals surface area contributed by atoms with Gasteiger partial charge in [-0.2, -0.15) is 0 Å². The van der Waals surface area contributed by atoms with Crippen LogP contribution >= 0.6 is 22.6 Å². The van der Waals surface area contributed by atoms with E-state index in [1.807, 2.05) is 31.2 Å². The summed E-state index contributed by atoms with van der Waals surface area (Å²) in [6.45, 7) is 2.04. The average Bonchev–Trinajstić information content (AvgIpc) is 2.75. The van der Waals surface area contributed by atoms with E-state index in [0.717, 1.165) is 16.9 Å². The molecule has 0 aliphatic carbocycles. The zero-order valence-corrected chi connectivity index (χ0v) is 12.0. The van der Waals surface area contributed by atoms with Crippen LogP contribution in [0.1, 0.15) is 11.3 Å². The largest absolute Gasteiger partial charge is 0.457 e. The van der Waals surface area contributed by atoms with Gasteiger partial charge in [0.05, 0.1) is 0 Å². The second-order valence-electron chi connectivity index (χ2n) is 3.90. The molecule has 0 bridgehead atoms. The highest BCUT2D eigenvalue weighted by molar-refractivity contribution is 14.1. The zero-order chi connectivity index (χ0) is 13.1. The Labute approximate surface area is 119 Å². The van der Waals surface area contributed by atoms with E-state index in [1.165, 1.54) is 9.65 Å². The van der Waals surface area contributed by atoms with Gasteiger partial charge in [0.2, 0.25) is 5.91 Å². The number of amides is 1. The summed E-state index contributed by atoms with van der Waals surface area (Å²) in [5.74, 6) is 0.910. The fourth-order valence-corrected chi connectivity index (χ4v) is 2.30. The first kappa shape index (κ1) is 12.9. The fraction of sp³-hybridized carbons (Fsp3) is 0.0714. The van der Waals surface area contributed by atoms with Gasteiger partial charge in [0, 0.05) is 15.2 Å². The van der Waals surface area contributed by atoms with Gasteiger partial charge in [-0.15, -0.1) is 0 Å². The van der Waals surface area contributed by atoms with E-state index >= 15 is 0 Å². The average molecular weight is 353 g/mol. The minimum absolute atomic E-state index is 0.488. The van der Waals surface area contributed by atoms with Crippen LogP contribution in [-0.2, 0) is 4.79 Å². The second kappa shape index (κ2) is 5.39. The van der Waals surface area contributed by atoms with Crippen molar-refractivity contribution in [1.29, 1.82) is 0 Å². The molecule has 0 spiro atoms. The topological polar surface area (TPSA) is 56.2 Å². The molecule has 2 rings (SSSR count). The van der Waals surface area contributed by atoms with Crippen LogP contribution in [0.4, 0.5) is 0 Å². The molecule has 0 unspecified atom stereocenters. The summed E-state index contributed by atoms with van der Waals surface area (Å²) < 4.78 is 6.83. The smallest absolute Gasteiger partial charge is 0.241 e. The van der Waals surface area contributed by atoms with Crippen LogP contribution in [0.15, 0.2) is 40.8 Å². The lowest BCUT2D eigenvalue weighted by Crippen LogP contribution is -2.04. The number of halogens is 1. The summed E-state index contributed by atoms with van der Waals surface area (Å²) in [6, 6.07) is 9.85. The number of benzene rings is 1. The number of primary amides is 1. The molecule has 0 saturated heterocycles. The molecular weight excluding hydrogens is 341 g/mol. The highest BCUT2D eigenvalue weighted by Crippen LogP contribution is 2.27. The van der Waals surface area contributed by atoms with E-state index in [4.69, 9.17) is 10.2 Å².